The molecule has 22 heavy (non-hydrogen) atoms. The molecule has 0 unspecified atom stereocenters. The Kier molecular flexibility index (Phi) is 4.59. The molecule has 1 N–H and O–H groups in total. The lowest BCUT2D eigenvalue weighted by Gasteiger charge is -2.06. The highest BCUT2D eigenvalue weighted by Crippen LogP contribution is 2.38. The van der Waals surface area contributed by atoms with Crippen molar-refractivity contribution >= 4 is 39.6 Å². The summed E-state index contributed by atoms with van der Waals surface area (Å²) in [6, 6.07) is 3.61. The molecule has 0 fully saturated rings. The van der Waals surface area contributed by atoms with E-state index in [4.69, 9.17) is 4.74 Å². The van der Waals surface area contributed by atoms with E-state index in [9.17, 15) is 9.59 Å². The van der Waals surface area contributed by atoms with Gasteiger partial charge in [-0.25, -0.2) is 4.79 Å². The number of fused-ring (bicyclic) bond motifs is 1. The van der Waals surface area contributed by atoms with E-state index in [1.807, 2.05) is 11.4 Å². The molecule has 2 aromatic rings. The highest BCUT2D eigenvalue weighted by molar-refractivity contribution is 7.17. The number of carbonyl (C=O) groups is 2. The van der Waals surface area contributed by atoms with E-state index in [1.165, 1.54) is 41.1 Å². The highest BCUT2D eigenvalue weighted by atomic mass is 32.1. The van der Waals surface area contributed by atoms with Crippen LogP contribution in [0.4, 0.5) is 5.00 Å². The average molecular weight is 335 g/mol. The number of amides is 1. The number of anilines is 1. The van der Waals surface area contributed by atoms with Crippen LogP contribution < -0.4 is 5.32 Å². The molecule has 0 radical (unpaired) electrons. The highest BCUT2D eigenvalue weighted by Gasteiger charge is 2.26. The molecular weight excluding hydrogens is 318 g/mol. The van der Waals surface area contributed by atoms with Crippen LogP contribution >= 0.6 is 22.7 Å². The van der Waals surface area contributed by atoms with Gasteiger partial charge in [-0.1, -0.05) is 12.5 Å². The van der Waals surface area contributed by atoms with Gasteiger partial charge >= 0.3 is 5.97 Å². The normalized spacial score (nSPS) is 14.0. The zero-order valence-corrected chi connectivity index (χ0v) is 13.9. The molecule has 0 aromatic carbocycles. The van der Waals surface area contributed by atoms with Crippen LogP contribution in [0.1, 0.15) is 49.7 Å². The second kappa shape index (κ2) is 6.62. The molecule has 0 atom stereocenters. The molecule has 2 aromatic heterocycles. The van der Waals surface area contributed by atoms with Crippen molar-refractivity contribution in [3.8, 4) is 0 Å². The monoisotopic (exact) mass is 335 g/mol. The predicted molar refractivity (Wildman–Crippen MR) is 89.2 cm³/mol. The molecule has 116 valence electrons. The lowest BCUT2D eigenvalue weighted by molar-refractivity contribution is 0.0601. The molecule has 1 aliphatic rings. The molecule has 0 spiro atoms. The first-order chi connectivity index (χ1) is 10.7. The summed E-state index contributed by atoms with van der Waals surface area (Å²) in [7, 11) is 1.38. The van der Waals surface area contributed by atoms with Crippen molar-refractivity contribution in [2.24, 2.45) is 0 Å². The molecule has 2 heterocycles. The molecule has 1 amide bonds. The van der Waals surface area contributed by atoms with Crippen molar-refractivity contribution in [1.29, 1.82) is 0 Å². The van der Waals surface area contributed by atoms with E-state index in [0.717, 1.165) is 31.2 Å². The molecule has 0 saturated heterocycles. The van der Waals surface area contributed by atoms with E-state index in [-0.39, 0.29) is 11.9 Å². The number of aryl methyl sites for hydroxylation is 1. The Morgan fingerprint density at radius 1 is 1.23 bits per heavy atom. The number of hydrogen-bond acceptors (Lipinski definition) is 5. The van der Waals surface area contributed by atoms with Gasteiger partial charge in [-0.05, 0) is 42.7 Å². The largest absolute Gasteiger partial charge is 0.465 e. The van der Waals surface area contributed by atoms with Gasteiger partial charge in [-0.3, -0.25) is 4.79 Å². The average Bonchev–Trinajstić information content (AvgIpc) is 3.10. The Hall–Kier alpha value is -1.66. The molecular formula is C16H17NO3S2. The van der Waals surface area contributed by atoms with Crippen LogP contribution in [0.25, 0.3) is 0 Å². The third kappa shape index (κ3) is 2.94. The van der Waals surface area contributed by atoms with Crippen LogP contribution in [0.5, 0.6) is 0 Å². The summed E-state index contributed by atoms with van der Waals surface area (Å²) < 4.78 is 4.93. The lowest BCUT2D eigenvalue weighted by Crippen LogP contribution is -2.13. The predicted octanol–water partition coefficient (Wildman–Crippen LogP) is 4.12. The maximum atomic E-state index is 12.3. The third-order valence-corrected chi connectivity index (χ3v) is 5.86. The number of carbonyl (C=O) groups excluding carboxylic acids is 2. The minimum absolute atomic E-state index is 0.170. The summed E-state index contributed by atoms with van der Waals surface area (Å²) in [4.78, 5) is 26.3. The Balaban J connectivity index is 1.96. The van der Waals surface area contributed by atoms with Crippen molar-refractivity contribution in [3.05, 3.63) is 38.4 Å². The molecule has 3 rings (SSSR count). The number of ether oxygens (including phenoxy) is 1. The number of esters is 1. The van der Waals surface area contributed by atoms with E-state index < -0.39 is 0 Å². The smallest absolute Gasteiger partial charge is 0.341 e. The van der Waals surface area contributed by atoms with Gasteiger partial charge in [0.15, 0.2) is 0 Å². The lowest BCUT2D eigenvalue weighted by atomic mass is 10.1. The second-order valence-corrected chi connectivity index (χ2v) is 7.24. The molecule has 0 aliphatic heterocycles. The third-order valence-electron chi connectivity index (χ3n) is 3.78. The van der Waals surface area contributed by atoms with Gasteiger partial charge < -0.3 is 10.1 Å². The molecule has 1 aliphatic carbocycles. The molecule has 0 bridgehead atoms. The Morgan fingerprint density at radius 3 is 2.77 bits per heavy atom. The Labute approximate surface area is 137 Å². The first-order valence-electron chi connectivity index (χ1n) is 7.28. The first kappa shape index (κ1) is 15.2. The van der Waals surface area contributed by atoms with Crippen molar-refractivity contribution in [3.63, 3.8) is 0 Å². The van der Waals surface area contributed by atoms with Crippen LogP contribution in [-0.4, -0.2) is 19.0 Å². The van der Waals surface area contributed by atoms with Crippen molar-refractivity contribution in [1.82, 2.24) is 0 Å². The minimum atomic E-state index is -0.360. The summed E-state index contributed by atoms with van der Waals surface area (Å²) in [5.41, 5.74) is 1.62. The fourth-order valence-electron chi connectivity index (χ4n) is 2.72. The zero-order valence-electron chi connectivity index (χ0n) is 12.3. The number of thiophene rings is 2. The van der Waals surface area contributed by atoms with E-state index in [0.29, 0.717) is 15.4 Å². The Bertz CT molecular complexity index is 689. The van der Waals surface area contributed by atoms with Crippen LogP contribution in [0, 0.1) is 0 Å². The maximum absolute atomic E-state index is 12.3. The fourth-order valence-corrected chi connectivity index (χ4v) is 4.61. The number of methoxy groups -OCH3 is 1. The fraction of sp³-hybridized carbons (Fsp3) is 0.375. The maximum Gasteiger partial charge on any atom is 0.341 e. The van der Waals surface area contributed by atoms with E-state index in [1.54, 1.807) is 6.07 Å². The summed E-state index contributed by atoms with van der Waals surface area (Å²) in [6.45, 7) is 0. The van der Waals surface area contributed by atoms with Gasteiger partial charge in [0, 0.05) is 4.88 Å². The number of nitrogens with one attached hydrogen (secondary N) is 1. The quantitative estimate of drug-likeness (QED) is 0.678. The first-order valence-corrected chi connectivity index (χ1v) is 8.98. The van der Waals surface area contributed by atoms with Crippen LogP contribution in [0.2, 0.25) is 0 Å². The van der Waals surface area contributed by atoms with Crippen molar-refractivity contribution in [2.75, 3.05) is 12.4 Å². The SMILES string of the molecule is COC(=O)c1c(NC(=O)c2cccs2)sc2c1CCCCC2. The second-order valence-electron chi connectivity index (χ2n) is 5.19. The summed E-state index contributed by atoms with van der Waals surface area (Å²) in [5, 5.41) is 5.38. The van der Waals surface area contributed by atoms with Crippen LogP contribution in [-0.2, 0) is 17.6 Å². The number of hydrogen-bond donors (Lipinski definition) is 1. The topological polar surface area (TPSA) is 55.4 Å². The van der Waals surface area contributed by atoms with Gasteiger partial charge in [0.2, 0.25) is 0 Å². The molecule has 6 heteroatoms. The standard InChI is InChI=1S/C16H17NO3S2/c1-20-16(19)13-10-6-3-2-4-7-11(10)22-15(13)17-14(18)12-8-5-9-21-12/h5,8-9H,2-4,6-7H2,1H3,(H,17,18). The van der Waals surface area contributed by atoms with Crippen LogP contribution in [0.15, 0.2) is 17.5 Å². The summed E-state index contributed by atoms with van der Waals surface area (Å²) in [5.74, 6) is -0.530. The number of rotatable bonds is 3. The van der Waals surface area contributed by atoms with E-state index in [2.05, 4.69) is 5.32 Å². The summed E-state index contributed by atoms with van der Waals surface area (Å²) in [6.07, 6.45) is 5.24. The van der Waals surface area contributed by atoms with Gasteiger partial charge in [0.1, 0.15) is 5.00 Å². The van der Waals surface area contributed by atoms with Gasteiger partial charge in [0.25, 0.3) is 5.91 Å². The van der Waals surface area contributed by atoms with Crippen molar-refractivity contribution < 1.29 is 14.3 Å². The Morgan fingerprint density at radius 2 is 2.05 bits per heavy atom. The van der Waals surface area contributed by atoms with Gasteiger partial charge in [-0.2, -0.15) is 0 Å². The molecule has 4 nitrogen and oxygen atoms in total. The van der Waals surface area contributed by atoms with Crippen LogP contribution in [0.3, 0.4) is 0 Å². The molecule has 0 saturated carbocycles. The van der Waals surface area contributed by atoms with Crippen molar-refractivity contribution in [2.45, 2.75) is 32.1 Å². The summed E-state index contributed by atoms with van der Waals surface area (Å²) >= 11 is 2.90. The minimum Gasteiger partial charge on any atom is -0.465 e. The van der Waals surface area contributed by atoms with E-state index >= 15 is 0 Å². The zero-order chi connectivity index (χ0) is 15.5. The van der Waals surface area contributed by atoms with Gasteiger partial charge in [0.05, 0.1) is 17.6 Å². The van der Waals surface area contributed by atoms with Gasteiger partial charge in [-0.15, -0.1) is 22.7 Å².